The van der Waals surface area contributed by atoms with Crippen molar-refractivity contribution in [2.75, 3.05) is 37.4 Å². The Kier molecular flexibility index (Phi) is 4.71. The number of nitrogens with zero attached hydrogens (tertiary/aromatic N) is 4. The van der Waals surface area contributed by atoms with Crippen molar-refractivity contribution in [1.29, 1.82) is 0 Å². The van der Waals surface area contributed by atoms with Crippen LogP contribution in [-0.4, -0.2) is 48.1 Å². The van der Waals surface area contributed by atoms with Crippen molar-refractivity contribution in [2.24, 2.45) is 0 Å². The second-order valence-corrected chi connectivity index (χ2v) is 6.09. The number of anilines is 2. The highest BCUT2D eigenvalue weighted by molar-refractivity contribution is 5.41. The normalized spacial score (nSPS) is 18.1. The summed E-state index contributed by atoms with van der Waals surface area (Å²) in [4.78, 5) is 12.8. The van der Waals surface area contributed by atoms with Gasteiger partial charge in [0.25, 0.3) is 0 Å². The summed E-state index contributed by atoms with van der Waals surface area (Å²) >= 11 is 0. The summed E-state index contributed by atoms with van der Waals surface area (Å²) in [6.45, 7) is 2.49. The molecule has 0 radical (unpaired) electrons. The van der Waals surface area contributed by atoms with Gasteiger partial charge in [-0.1, -0.05) is 18.2 Å². The van der Waals surface area contributed by atoms with Crippen molar-refractivity contribution >= 4 is 11.8 Å². The summed E-state index contributed by atoms with van der Waals surface area (Å²) in [5.74, 6) is 1.40. The monoisotopic (exact) mass is 315 g/mol. The van der Waals surface area contributed by atoms with E-state index in [0.29, 0.717) is 18.5 Å². The molecule has 0 aliphatic carbocycles. The first-order valence-electron chi connectivity index (χ1n) is 7.84. The van der Waals surface area contributed by atoms with E-state index in [-0.39, 0.29) is 5.82 Å². The Bertz CT molecular complexity index is 661. The first kappa shape index (κ1) is 15.7. The molecule has 1 N–H and O–H groups in total. The third-order valence-electron chi connectivity index (χ3n) is 4.02. The van der Waals surface area contributed by atoms with E-state index < -0.39 is 0 Å². The fourth-order valence-electron chi connectivity index (χ4n) is 2.82. The summed E-state index contributed by atoms with van der Waals surface area (Å²) < 4.78 is 13.7. The van der Waals surface area contributed by atoms with Gasteiger partial charge in [-0.05, 0) is 18.6 Å². The van der Waals surface area contributed by atoms with Gasteiger partial charge in [-0.3, -0.25) is 4.90 Å². The maximum atomic E-state index is 13.7. The topological polar surface area (TPSA) is 44.3 Å². The summed E-state index contributed by atoms with van der Waals surface area (Å²) in [7, 11) is 3.84. The van der Waals surface area contributed by atoms with Crippen LogP contribution < -0.4 is 10.2 Å². The van der Waals surface area contributed by atoms with Gasteiger partial charge < -0.3 is 10.2 Å². The van der Waals surface area contributed by atoms with Crippen molar-refractivity contribution in [3.05, 3.63) is 47.9 Å². The smallest absolute Gasteiger partial charge is 0.226 e. The lowest BCUT2D eigenvalue weighted by molar-refractivity contribution is 0.323. The SMILES string of the molecule is CN(C)c1nccc(NC2CCN(Cc3ccccc3F)C2)n1. The predicted molar refractivity (Wildman–Crippen MR) is 90.1 cm³/mol. The Balaban J connectivity index is 1.58. The zero-order valence-electron chi connectivity index (χ0n) is 13.5. The van der Waals surface area contributed by atoms with E-state index in [9.17, 15) is 4.39 Å². The van der Waals surface area contributed by atoms with Crippen LogP contribution in [0.3, 0.4) is 0 Å². The zero-order valence-corrected chi connectivity index (χ0v) is 13.5. The zero-order chi connectivity index (χ0) is 16.2. The minimum Gasteiger partial charge on any atom is -0.366 e. The number of halogens is 1. The second kappa shape index (κ2) is 6.91. The van der Waals surface area contributed by atoms with Crippen molar-refractivity contribution < 1.29 is 4.39 Å². The Morgan fingerprint density at radius 1 is 1.30 bits per heavy atom. The second-order valence-electron chi connectivity index (χ2n) is 6.09. The molecule has 3 rings (SSSR count). The van der Waals surface area contributed by atoms with Gasteiger partial charge in [-0.2, -0.15) is 4.98 Å². The third-order valence-corrected chi connectivity index (χ3v) is 4.02. The number of benzene rings is 1. The van der Waals surface area contributed by atoms with E-state index in [2.05, 4.69) is 20.2 Å². The van der Waals surface area contributed by atoms with E-state index in [0.717, 1.165) is 30.9 Å². The van der Waals surface area contributed by atoms with E-state index in [1.165, 1.54) is 6.07 Å². The van der Waals surface area contributed by atoms with E-state index >= 15 is 0 Å². The van der Waals surface area contributed by atoms with Crippen LogP contribution >= 0.6 is 0 Å². The molecular formula is C17H22FN5. The van der Waals surface area contributed by atoms with Crippen molar-refractivity contribution in [3.63, 3.8) is 0 Å². The fraction of sp³-hybridized carbons (Fsp3) is 0.412. The van der Waals surface area contributed by atoms with E-state index in [1.54, 1.807) is 12.3 Å². The molecule has 1 atom stereocenters. The van der Waals surface area contributed by atoms with Crippen LogP contribution in [0.2, 0.25) is 0 Å². The van der Waals surface area contributed by atoms with Crippen molar-refractivity contribution in [1.82, 2.24) is 14.9 Å². The Morgan fingerprint density at radius 3 is 2.91 bits per heavy atom. The third kappa shape index (κ3) is 3.96. The van der Waals surface area contributed by atoms with Crippen LogP contribution in [0.1, 0.15) is 12.0 Å². The molecule has 1 aliphatic heterocycles. The summed E-state index contributed by atoms with van der Waals surface area (Å²) in [5.41, 5.74) is 0.755. The highest BCUT2D eigenvalue weighted by atomic mass is 19.1. The van der Waals surface area contributed by atoms with Crippen LogP contribution in [-0.2, 0) is 6.54 Å². The van der Waals surface area contributed by atoms with Crippen LogP contribution in [0.25, 0.3) is 0 Å². The van der Waals surface area contributed by atoms with Gasteiger partial charge in [0.15, 0.2) is 0 Å². The van der Waals surface area contributed by atoms with Gasteiger partial charge >= 0.3 is 0 Å². The van der Waals surface area contributed by atoms with Gasteiger partial charge in [0.2, 0.25) is 5.95 Å². The lowest BCUT2D eigenvalue weighted by atomic mass is 10.2. The Hall–Kier alpha value is -2.21. The van der Waals surface area contributed by atoms with Crippen LogP contribution in [0.4, 0.5) is 16.2 Å². The summed E-state index contributed by atoms with van der Waals surface area (Å²) in [5, 5.41) is 3.45. The summed E-state index contributed by atoms with van der Waals surface area (Å²) in [6.07, 6.45) is 2.78. The molecule has 5 nitrogen and oxygen atoms in total. The van der Waals surface area contributed by atoms with Crippen LogP contribution in [0, 0.1) is 5.82 Å². The highest BCUT2D eigenvalue weighted by Crippen LogP contribution is 2.18. The minimum absolute atomic E-state index is 0.129. The number of hydrogen-bond donors (Lipinski definition) is 1. The first-order chi connectivity index (χ1) is 11.1. The number of nitrogens with one attached hydrogen (secondary N) is 1. The number of aromatic nitrogens is 2. The van der Waals surface area contributed by atoms with E-state index in [1.807, 2.05) is 37.2 Å². The average molecular weight is 315 g/mol. The molecule has 2 heterocycles. The highest BCUT2D eigenvalue weighted by Gasteiger charge is 2.23. The van der Waals surface area contributed by atoms with Gasteiger partial charge in [-0.25, -0.2) is 9.37 Å². The maximum absolute atomic E-state index is 13.7. The molecule has 1 unspecified atom stereocenters. The molecule has 0 amide bonds. The molecule has 0 spiro atoms. The Morgan fingerprint density at radius 2 is 2.13 bits per heavy atom. The van der Waals surface area contributed by atoms with Gasteiger partial charge in [0.1, 0.15) is 11.6 Å². The standard InChI is InChI=1S/C17H22FN5/c1-22(2)17-19-9-7-16(21-17)20-14-8-10-23(12-14)11-13-5-3-4-6-15(13)18/h3-7,9,14H,8,10-12H2,1-2H3,(H,19,20,21). The number of rotatable bonds is 5. The van der Waals surface area contributed by atoms with Gasteiger partial charge in [-0.15, -0.1) is 0 Å². The molecule has 1 aliphatic rings. The van der Waals surface area contributed by atoms with E-state index in [4.69, 9.17) is 0 Å². The number of hydrogen-bond acceptors (Lipinski definition) is 5. The number of likely N-dealkylation sites (tertiary alicyclic amines) is 1. The molecule has 2 aromatic rings. The molecule has 1 aromatic heterocycles. The molecule has 1 saturated heterocycles. The molecule has 6 heteroatoms. The van der Waals surface area contributed by atoms with Crippen LogP contribution in [0.5, 0.6) is 0 Å². The van der Waals surface area contributed by atoms with Crippen molar-refractivity contribution in [2.45, 2.75) is 19.0 Å². The average Bonchev–Trinajstić information content (AvgIpc) is 2.97. The predicted octanol–water partition coefficient (Wildman–Crippen LogP) is 2.37. The first-order valence-corrected chi connectivity index (χ1v) is 7.84. The molecule has 0 saturated carbocycles. The van der Waals surface area contributed by atoms with Crippen LogP contribution in [0.15, 0.2) is 36.5 Å². The Labute approximate surface area is 136 Å². The molecule has 1 fully saturated rings. The maximum Gasteiger partial charge on any atom is 0.226 e. The fourth-order valence-corrected chi connectivity index (χ4v) is 2.82. The van der Waals surface area contributed by atoms with Crippen molar-refractivity contribution in [3.8, 4) is 0 Å². The molecule has 0 bridgehead atoms. The quantitative estimate of drug-likeness (QED) is 0.918. The molecule has 23 heavy (non-hydrogen) atoms. The molecule has 1 aromatic carbocycles. The molecular weight excluding hydrogens is 293 g/mol. The minimum atomic E-state index is -0.129. The van der Waals surface area contributed by atoms with Gasteiger partial charge in [0, 0.05) is 51.5 Å². The molecule has 122 valence electrons. The lowest BCUT2D eigenvalue weighted by Crippen LogP contribution is -2.26. The largest absolute Gasteiger partial charge is 0.366 e. The van der Waals surface area contributed by atoms with Gasteiger partial charge in [0.05, 0.1) is 0 Å². The summed E-state index contributed by atoms with van der Waals surface area (Å²) in [6, 6.07) is 9.19. The lowest BCUT2D eigenvalue weighted by Gasteiger charge is -2.18.